The summed E-state index contributed by atoms with van der Waals surface area (Å²) in [5.41, 5.74) is 2.78. The lowest BCUT2D eigenvalue weighted by Gasteiger charge is -2.42. The number of benzene rings is 1. The highest BCUT2D eigenvalue weighted by Gasteiger charge is 2.37. The van der Waals surface area contributed by atoms with Crippen molar-refractivity contribution < 1.29 is 9.84 Å². The molecular formula is C18H23N3O2. The lowest BCUT2D eigenvalue weighted by molar-refractivity contribution is -0.0870. The van der Waals surface area contributed by atoms with Crippen LogP contribution in [0.3, 0.4) is 0 Å². The van der Waals surface area contributed by atoms with Crippen LogP contribution in [0, 0.1) is 13.8 Å². The van der Waals surface area contributed by atoms with Gasteiger partial charge in [-0.3, -0.25) is 0 Å². The van der Waals surface area contributed by atoms with Crippen LogP contribution in [0.5, 0.6) is 0 Å². The molecule has 23 heavy (non-hydrogen) atoms. The van der Waals surface area contributed by atoms with Crippen molar-refractivity contribution in [3.05, 3.63) is 53.5 Å². The molecule has 1 aliphatic heterocycles. The number of aryl methyl sites for hydroxylation is 2. The minimum Gasteiger partial charge on any atom is -0.393 e. The fraction of sp³-hybridized carbons (Fsp3) is 0.444. The van der Waals surface area contributed by atoms with Crippen LogP contribution in [0.2, 0.25) is 0 Å². The SMILES string of the molecule is Cc1cc(N2CCO[C@@](CO)(Cc3ccccc3C)C2)ncn1. The lowest BCUT2D eigenvalue weighted by Crippen LogP contribution is -2.55. The van der Waals surface area contributed by atoms with Gasteiger partial charge in [0, 0.05) is 24.7 Å². The Morgan fingerprint density at radius 2 is 2.09 bits per heavy atom. The predicted molar refractivity (Wildman–Crippen MR) is 89.6 cm³/mol. The van der Waals surface area contributed by atoms with Gasteiger partial charge >= 0.3 is 0 Å². The number of hydrogen-bond acceptors (Lipinski definition) is 5. The fourth-order valence-corrected chi connectivity index (χ4v) is 3.07. The highest BCUT2D eigenvalue weighted by atomic mass is 16.5. The highest BCUT2D eigenvalue weighted by Crippen LogP contribution is 2.27. The summed E-state index contributed by atoms with van der Waals surface area (Å²) in [6.45, 7) is 6.00. The molecule has 5 nitrogen and oxygen atoms in total. The summed E-state index contributed by atoms with van der Waals surface area (Å²) in [7, 11) is 0. The molecule has 0 spiro atoms. The first-order valence-corrected chi connectivity index (χ1v) is 7.95. The summed E-state index contributed by atoms with van der Waals surface area (Å²) in [5, 5.41) is 10.0. The van der Waals surface area contributed by atoms with E-state index in [0.29, 0.717) is 19.6 Å². The molecule has 5 heteroatoms. The number of morpholine rings is 1. The van der Waals surface area contributed by atoms with Crippen molar-refractivity contribution >= 4 is 5.82 Å². The first-order chi connectivity index (χ1) is 11.1. The van der Waals surface area contributed by atoms with Gasteiger partial charge in [-0.1, -0.05) is 24.3 Å². The Bertz CT molecular complexity index is 677. The topological polar surface area (TPSA) is 58.5 Å². The van der Waals surface area contributed by atoms with Crippen LogP contribution in [-0.4, -0.2) is 47.0 Å². The number of nitrogens with zero attached hydrogens (tertiary/aromatic N) is 3. The Balaban J connectivity index is 1.83. The maximum atomic E-state index is 10.0. The normalized spacial score (nSPS) is 21.4. The number of rotatable bonds is 4. The van der Waals surface area contributed by atoms with Crippen molar-refractivity contribution in [3.8, 4) is 0 Å². The first-order valence-electron chi connectivity index (χ1n) is 7.95. The molecule has 2 heterocycles. The maximum Gasteiger partial charge on any atom is 0.132 e. The molecule has 1 atom stereocenters. The van der Waals surface area contributed by atoms with E-state index in [4.69, 9.17) is 4.74 Å². The molecule has 0 amide bonds. The standard InChI is InChI=1S/C18H23N3O2/c1-14-5-3-4-6-16(14)10-18(12-22)11-21(7-8-23-18)17-9-15(2)19-13-20-17/h3-6,9,13,22H,7-8,10-12H2,1-2H3/t18-/m0/s1. The number of ether oxygens (including phenoxy) is 1. The van der Waals surface area contributed by atoms with Crippen molar-refractivity contribution in [2.75, 3.05) is 31.2 Å². The molecule has 0 saturated carbocycles. The van der Waals surface area contributed by atoms with Gasteiger partial charge in [-0.25, -0.2) is 9.97 Å². The van der Waals surface area contributed by atoms with Gasteiger partial charge in [-0.15, -0.1) is 0 Å². The molecule has 0 radical (unpaired) electrons. The monoisotopic (exact) mass is 313 g/mol. The zero-order valence-corrected chi connectivity index (χ0v) is 13.7. The van der Waals surface area contributed by atoms with Crippen molar-refractivity contribution in [1.82, 2.24) is 9.97 Å². The van der Waals surface area contributed by atoms with Crippen molar-refractivity contribution in [3.63, 3.8) is 0 Å². The summed E-state index contributed by atoms with van der Waals surface area (Å²) >= 11 is 0. The van der Waals surface area contributed by atoms with E-state index in [1.807, 2.05) is 25.1 Å². The Kier molecular flexibility index (Phi) is 4.59. The average molecular weight is 313 g/mol. The molecule has 1 fully saturated rings. The van der Waals surface area contributed by atoms with E-state index in [1.54, 1.807) is 6.33 Å². The Morgan fingerprint density at radius 3 is 2.83 bits per heavy atom. The van der Waals surface area contributed by atoms with Crippen LogP contribution in [-0.2, 0) is 11.2 Å². The van der Waals surface area contributed by atoms with Gasteiger partial charge in [0.25, 0.3) is 0 Å². The number of hydrogen-bond donors (Lipinski definition) is 1. The van der Waals surface area contributed by atoms with Gasteiger partial charge < -0.3 is 14.7 Å². The maximum absolute atomic E-state index is 10.0. The van der Waals surface area contributed by atoms with Crippen LogP contribution in [0.1, 0.15) is 16.8 Å². The Morgan fingerprint density at radius 1 is 1.26 bits per heavy atom. The highest BCUT2D eigenvalue weighted by molar-refractivity contribution is 5.40. The molecule has 2 aromatic rings. The van der Waals surface area contributed by atoms with Crippen LogP contribution in [0.15, 0.2) is 36.7 Å². The molecule has 1 aliphatic rings. The summed E-state index contributed by atoms with van der Waals surface area (Å²) in [6, 6.07) is 10.2. The molecule has 1 aromatic heterocycles. The van der Waals surface area contributed by atoms with Crippen molar-refractivity contribution in [2.45, 2.75) is 25.9 Å². The smallest absolute Gasteiger partial charge is 0.132 e. The van der Waals surface area contributed by atoms with E-state index in [1.165, 1.54) is 11.1 Å². The summed E-state index contributed by atoms with van der Waals surface area (Å²) in [6.07, 6.45) is 2.28. The van der Waals surface area contributed by atoms with E-state index < -0.39 is 5.60 Å². The predicted octanol–water partition coefficient (Wildman–Crippen LogP) is 1.90. The van der Waals surface area contributed by atoms with Crippen LogP contribution in [0.25, 0.3) is 0 Å². The molecule has 0 bridgehead atoms. The second kappa shape index (κ2) is 6.64. The van der Waals surface area contributed by atoms with Crippen molar-refractivity contribution in [1.29, 1.82) is 0 Å². The number of anilines is 1. The summed E-state index contributed by atoms with van der Waals surface area (Å²) in [4.78, 5) is 10.7. The third kappa shape index (κ3) is 3.51. The van der Waals surface area contributed by atoms with E-state index in [-0.39, 0.29) is 6.61 Å². The Labute approximate surface area is 137 Å². The second-order valence-electron chi connectivity index (χ2n) is 6.23. The van der Waals surface area contributed by atoms with Gasteiger partial charge in [0.2, 0.25) is 0 Å². The molecule has 1 saturated heterocycles. The Hall–Kier alpha value is -1.98. The lowest BCUT2D eigenvalue weighted by atomic mass is 9.91. The van der Waals surface area contributed by atoms with Crippen molar-refractivity contribution in [2.24, 2.45) is 0 Å². The third-order valence-electron chi connectivity index (χ3n) is 4.42. The van der Waals surface area contributed by atoms with E-state index in [0.717, 1.165) is 18.1 Å². The largest absolute Gasteiger partial charge is 0.393 e. The summed E-state index contributed by atoms with van der Waals surface area (Å²) < 4.78 is 6.02. The van der Waals surface area contributed by atoms with Crippen LogP contribution < -0.4 is 4.90 Å². The zero-order valence-electron chi connectivity index (χ0n) is 13.7. The van der Waals surface area contributed by atoms with Gasteiger partial charge in [-0.2, -0.15) is 0 Å². The molecule has 0 aliphatic carbocycles. The number of aliphatic hydroxyl groups excluding tert-OH is 1. The molecule has 122 valence electrons. The number of aromatic nitrogens is 2. The van der Waals surface area contributed by atoms with E-state index >= 15 is 0 Å². The average Bonchev–Trinajstić information content (AvgIpc) is 2.57. The second-order valence-corrected chi connectivity index (χ2v) is 6.23. The fourth-order valence-electron chi connectivity index (χ4n) is 3.07. The van der Waals surface area contributed by atoms with E-state index in [9.17, 15) is 5.11 Å². The third-order valence-corrected chi connectivity index (χ3v) is 4.42. The zero-order chi connectivity index (χ0) is 16.3. The quantitative estimate of drug-likeness (QED) is 0.934. The van der Waals surface area contributed by atoms with Crippen LogP contribution >= 0.6 is 0 Å². The molecule has 1 N–H and O–H groups in total. The van der Waals surface area contributed by atoms with Gasteiger partial charge in [0.15, 0.2) is 0 Å². The summed E-state index contributed by atoms with van der Waals surface area (Å²) in [5.74, 6) is 0.892. The minimum absolute atomic E-state index is 0.0120. The number of aliphatic hydroxyl groups is 1. The molecular weight excluding hydrogens is 290 g/mol. The molecule has 1 aromatic carbocycles. The molecule has 0 unspecified atom stereocenters. The molecule has 3 rings (SSSR count). The van der Waals surface area contributed by atoms with E-state index in [2.05, 4.69) is 33.9 Å². The first kappa shape index (κ1) is 15.9. The van der Waals surface area contributed by atoms with Crippen LogP contribution in [0.4, 0.5) is 5.82 Å². The minimum atomic E-state index is -0.594. The van der Waals surface area contributed by atoms with Gasteiger partial charge in [0.1, 0.15) is 17.7 Å². The van der Waals surface area contributed by atoms with Gasteiger partial charge in [-0.05, 0) is 25.0 Å². The van der Waals surface area contributed by atoms with Gasteiger partial charge in [0.05, 0.1) is 19.8 Å².